The molecule has 1 atom stereocenters. The van der Waals surface area contributed by atoms with Crippen molar-refractivity contribution in [2.75, 3.05) is 11.9 Å². The number of halogens is 3. The lowest BCUT2D eigenvalue weighted by molar-refractivity contribution is -0.274. The van der Waals surface area contributed by atoms with Gasteiger partial charge in [-0.3, -0.25) is 14.4 Å². The van der Waals surface area contributed by atoms with Gasteiger partial charge in [-0.05, 0) is 78.3 Å². The zero-order valence-corrected chi connectivity index (χ0v) is 23.0. The minimum atomic E-state index is -4.81. The third kappa shape index (κ3) is 9.09. The second-order valence-corrected chi connectivity index (χ2v) is 10.4. The van der Waals surface area contributed by atoms with Crippen molar-refractivity contribution in [3.63, 3.8) is 0 Å². The van der Waals surface area contributed by atoms with Crippen molar-refractivity contribution < 1.29 is 37.4 Å². The summed E-state index contributed by atoms with van der Waals surface area (Å²) in [6, 6.07) is 19.7. The van der Waals surface area contributed by atoms with Crippen molar-refractivity contribution >= 4 is 23.5 Å². The average molecular weight is 583 g/mol. The third-order valence-corrected chi connectivity index (χ3v) is 7.37. The molecule has 2 amide bonds. The van der Waals surface area contributed by atoms with Gasteiger partial charge in [-0.25, -0.2) is 0 Å². The average Bonchev–Trinajstić information content (AvgIpc) is 2.97. The lowest BCUT2D eigenvalue weighted by Gasteiger charge is -2.23. The third-order valence-electron chi connectivity index (χ3n) is 7.37. The molecule has 1 aliphatic rings. The Kier molecular flexibility index (Phi) is 10.2. The Morgan fingerprint density at radius 3 is 2.12 bits per heavy atom. The topological polar surface area (TPSA) is 105 Å². The van der Waals surface area contributed by atoms with Gasteiger partial charge in [0.05, 0.1) is 12.3 Å². The number of ether oxygens (including phenoxy) is 1. The Morgan fingerprint density at radius 1 is 0.881 bits per heavy atom. The van der Waals surface area contributed by atoms with E-state index in [0.29, 0.717) is 23.6 Å². The van der Waals surface area contributed by atoms with Crippen LogP contribution in [0.4, 0.5) is 18.9 Å². The van der Waals surface area contributed by atoms with Gasteiger partial charge in [0.15, 0.2) is 0 Å². The van der Waals surface area contributed by atoms with Crippen molar-refractivity contribution in [1.82, 2.24) is 5.32 Å². The van der Waals surface area contributed by atoms with E-state index in [-0.39, 0.29) is 24.6 Å². The molecule has 0 saturated heterocycles. The Bertz CT molecular complexity index is 1350. The summed E-state index contributed by atoms with van der Waals surface area (Å²) < 4.78 is 41.5. The number of benzene rings is 3. The second kappa shape index (κ2) is 14.0. The highest BCUT2D eigenvalue weighted by atomic mass is 19.4. The number of carboxylic acid groups (broad SMARTS) is 1. The SMILES string of the molecule is O=C(O)CCNC(=O)c1ccc(CC(C(=O)Nc2ccc(OC(F)(F)F)cc2)c2ccc(C3CCCCC3)cc2)cc1. The Balaban J connectivity index is 1.50. The maximum atomic E-state index is 13.5. The molecule has 1 unspecified atom stereocenters. The van der Waals surface area contributed by atoms with E-state index >= 15 is 0 Å². The molecule has 0 aliphatic heterocycles. The van der Waals surface area contributed by atoms with Crippen LogP contribution in [0, 0.1) is 0 Å². The number of anilines is 1. The Morgan fingerprint density at radius 2 is 1.52 bits per heavy atom. The van der Waals surface area contributed by atoms with Crippen LogP contribution in [0.15, 0.2) is 72.8 Å². The molecule has 1 saturated carbocycles. The van der Waals surface area contributed by atoms with E-state index in [1.54, 1.807) is 24.3 Å². The first-order valence-electron chi connectivity index (χ1n) is 13.9. The zero-order valence-electron chi connectivity index (χ0n) is 23.0. The summed E-state index contributed by atoms with van der Waals surface area (Å²) in [6.45, 7) is 0.0122. The number of hydrogen-bond donors (Lipinski definition) is 3. The molecule has 3 aromatic rings. The monoisotopic (exact) mass is 582 g/mol. The molecule has 0 heterocycles. The maximum absolute atomic E-state index is 13.5. The molecule has 3 aromatic carbocycles. The van der Waals surface area contributed by atoms with E-state index in [4.69, 9.17) is 5.11 Å². The van der Waals surface area contributed by atoms with Gasteiger partial charge in [-0.15, -0.1) is 13.2 Å². The fourth-order valence-electron chi connectivity index (χ4n) is 5.18. The van der Waals surface area contributed by atoms with Gasteiger partial charge in [0.25, 0.3) is 5.91 Å². The maximum Gasteiger partial charge on any atom is 0.573 e. The number of carbonyl (C=O) groups excluding carboxylic acids is 2. The molecule has 0 spiro atoms. The predicted molar refractivity (Wildman–Crippen MR) is 151 cm³/mol. The summed E-state index contributed by atoms with van der Waals surface area (Å²) in [7, 11) is 0. The first-order valence-corrected chi connectivity index (χ1v) is 13.9. The molecule has 42 heavy (non-hydrogen) atoms. The summed E-state index contributed by atoms with van der Waals surface area (Å²) in [5.74, 6) is -2.23. The summed E-state index contributed by atoms with van der Waals surface area (Å²) >= 11 is 0. The molecule has 1 aliphatic carbocycles. The molecule has 10 heteroatoms. The molecule has 0 radical (unpaired) electrons. The van der Waals surface area contributed by atoms with E-state index in [0.717, 1.165) is 36.1 Å². The molecule has 3 N–H and O–H groups in total. The second-order valence-electron chi connectivity index (χ2n) is 10.4. The van der Waals surface area contributed by atoms with Crippen LogP contribution in [0.1, 0.15) is 77.4 Å². The molecule has 1 fully saturated rings. The first-order chi connectivity index (χ1) is 20.1. The first kappa shape index (κ1) is 30.6. The van der Waals surface area contributed by atoms with Gasteiger partial charge in [0.2, 0.25) is 5.91 Å². The minimum absolute atomic E-state index is 0.0122. The molecular weight excluding hydrogens is 549 g/mol. The van der Waals surface area contributed by atoms with Crippen LogP contribution in [0.5, 0.6) is 5.75 Å². The van der Waals surface area contributed by atoms with Crippen LogP contribution < -0.4 is 15.4 Å². The van der Waals surface area contributed by atoms with Gasteiger partial charge in [0.1, 0.15) is 5.75 Å². The lowest BCUT2D eigenvalue weighted by atomic mass is 9.83. The van der Waals surface area contributed by atoms with Crippen molar-refractivity contribution in [2.45, 2.75) is 63.1 Å². The number of rotatable bonds is 11. The van der Waals surface area contributed by atoms with Crippen molar-refractivity contribution in [1.29, 1.82) is 0 Å². The smallest absolute Gasteiger partial charge is 0.481 e. The lowest BCUT2D eigenvalue weighted by Crippen LogP contribution is -2.26. The van der Waals surface area contributed by atoms with Gasteiger partial charge in [0, 0.05) is 17.8 Å². The van der Waals surface area contributed by atoms with Crippen molar-refractivity contribution in [3.8, 4) is 5.75 Å². The van der Waals surface area contributed by atoms with E-state index < -0.39 is 24.2 Å². The minimum Gasteiger partial charge on any atom is -0.481 e. The van der Waals surface area contributed by atoms with Crippen LogP contribution in [0.3, 0.4) is 0 Å². The summed E-state index contributed by atoms with van der Waals surface area (Å²) in [5.41, 5.74) is 3.52. The highest BCUT2D eigenvalue weighted by molar-refractivity contribution is 5.96. The van der Waals surface area contributed by atoms with E-state index in [1.165, 1.54) is 37.0 Å². The molecule has 7 nitrogen and oxygen atoms in total. The molecular formula is C32H33F3N2O5. The van der Waals surface area contributed by atoms with E-state index in [2.05, 4.69) is 27.5 Å². The van der Waals surface area contributed by atoms with Crippen molar-refractivity contribution in [3.05, 3.63) is 95.1 Å². The largest absolute Gasteiger partial charge is 0.573 e. The quantitative estimate of drug-likeness (QED) is 0.231. The number of alkyl halides is 3. The van der Waals surface area contributed by atoms with E-state index in [1.807, 2.05) is 12.1 Å². The van der Waals surface area contributed by atoms with Crippen LogP contribution in [0.25, 0.3) is 0 Å². The fraction of sp³-hybridized carbons (Fsp3) is 0.344. The van der Waals surface area contributed by atoms with Gasteiger partial charge in [-0.1, -0.05) is 55.7 Å². The van der Waals surface area contributed by atoms with Crippen LogP contribution in [-0.2, 0) is 16.0 Å². The Hall–Kier alpha value is -4.34. The molecule has 4 rings (SSSR count). The number of nitrogens with one attached hydrogen (secondary N) is 2. The zero-order chi connectivity index (χ0) is 30.1. The number of hydrogen-bond acceptors (Lipinski definition) is 4. The highest BCUT2D eigenvalue weighted by Gasteiger charge is 2.31. The van der Waals surface area contributed by atoms with Crippen LogP contribution >= 0.6 is 0 Å². The molecule has 0 aromatic heterocycles. The van der Waals surface area contributed by atoms with Gasteiger partial charge >= 0.3 is 12.3 Å². The number of carbonyl (C=O) groups is 3. The molecule has 0 bridgehead atoms. The number of amides is 2. The summed E-state index contributed by atoms with van der Waals surface area (Å²) in [6.07, 6.45) is 1.27. The standard InChI is InChI=1S/C32H33F3N2O5/c33-32(34,35)42-27-16-14-26(15-17-27)37-31(41)28(24-12-10-23(11-13-24)22-4-2-1-3-5-22)20-21-6-8-25(9-7-21)30(40)36-19-18-29(38)39/h6-17,22,28H,1-5,18-20H2,(H,36,40)(H,37,41)(H,38,39). The van der Waals surface area contributed by atoms with Gasteiger partial charge in [-0.2, -0.15) is 0 Å². The fourth-order valence-corrected chi connectivity index (χ4v) is 5.18. The number of aliphatic carboxylic acids is 1. The molecule has 222 valence electrons. The van der Waals surface area contributed by atoms with Crippen LogP contribution in [0.2, 0.25) is 0 Å². The van der Waals surface area contributed by atoms with Gasteiger partial charge < -0.3 is 20.5 Å². The highest BCUT2D eigenvalue weighted by Crippen LogP contribution is 2.34. The Labute approximate surface area is 242 Å². The summed E-state index contributed by atoms with van der Waals surface area (Å²) in [5, 5.41) is 14.1. The normalized spacial score (nSPS) is 14.5. The number of carboxylic acids is 1. The predicted octanol–water partition coefficient (Wildman–Crippen LogP) is 6.80. The summed E-state index contributed by atoms with van der Waals surface area (Å²) in [4.78, 5) is 36.5. The van der Waals surface area contributed by atoms with Crippen molar-refractivity contribution in [2.24, 2.45) is 0 Å². The van der Waals surface area contributed by atoms with Crippen LogP contribution in [-0.4, -0.2) is 35.8 Å². The van der Waals surface area contributed by atoms with E-state index in [9.17, 15) is 27.6 Å².